The minimum Gasteiger partial charge on any atom is -0.354 e. The summed E-state index contributed by atoms with van der Waals surface area (Å²) in [6.45, 7) is 0. The van der Waals surface area contributed by atoms with Gasteiger partial charge in [0.2, 0.25) is 0 Å². The minimum atomic E-state index is -0.507. The molecule has 2 rings (SSSR count). The largest absolute Gasteiger partial charge is 0.354 e. The third-order valence-electron chi connectivity index (χ3n) is 2.59. The van der Waals surface area contributed by atoms with Crippen molar-refractivity contribution < 1.29 is 14.5 Å². The van der Waals surface area contributed by atoms with E-state index >= 15 is 0 Å². The number of non-ortho nitro benzene ring substituents is 1. The molecule has 1 heterocycles. The Morgan fingerprint density at radius 1 is 1.47 bits per heavy atom. The van der Waals surface area contributed by atoms with E-state index in [9.17, 15) is 14.9 Å². The van der Waals surface area contributed by atoms with E-state index in [4.69, 9.17) is 4.74 Å². The number of amides is 1. The molecule has 0 radical (unpaired) electrons. The Morgan fingerprint density at radius 3 is 2.76 bits per heavy atom. The molecule has 1 aliphatic rings. The third-order valence-corrected chi connectivity index (χ3v) is 2.59. The van der Waals surface area contributed by atoms with Crippen molar-refractivity contribution in [1.29, 1.82) is 0 Å². The maximum absolute atomic E-state index is 11.6. The normalized spacial score (nSPS) is 22.0. The lowest BCUT2D eigenvalue weighted by molar-refractivity contribution is -0.384. The molecule has 0 N–H and O–H groups in total. The molecular formula is C11H12N2O4. The van der Waals surface area contributed by atoms with Gasteiger partial charge in [-0.05, 0) is 5.56 Å². The van der Waals surface area contributed by atoms with Gasteiger partial charge in [0.05, 0.1) is 4.92 Å². The highest BCUT2D eigenvalue weighted by Gasteiger charge is 2.47. The van der Waals surface area contributed by atoms with E-state index in [0.717, 1.165) is 0 Å². The summed E-state index contributed by atoms with van der Waals surface area (Å²) < 4.78 is 5.25. The molecule has 0 saturated carbocycles. The molecule has 1 fully saturated rings. The second-order valence-electron chi connectivity index (χ2n) is 4.06. The molecule has 1 aliphatic heterocycles. The minimum absolute atomic E-state index is 0.00838. The van der Waals surface area contributed by atoms with E-state index in [1.54, 1.807) is 26.2 Å². The number of nitrogens with zero attached hydrogens (tertiary/aromatic N) is 2. The topological polar surface area (TPSA) is 76.0 Å². The summed E-state index contributed by atoms with van der Waals surface area (Å²) in [5, 5.41) is 10.6. The monoisotopic (exact) mass is 236 g/mol. The fourth-order valence-corrected chi connectivity index (χ4v) is 1.62. The van der Waals surface area contributed by atoms with Crippen molar-refractivity contribution in [3.63, 3.8) is 0 Å². The highest BCUT2D eigenvalue weighted by atomic mass is 16.6. The summed E-state index contributed by atoms with van der Waals surface area (Å²) in [6, 6.07) is 6.16. The van der Waals surface area contributed by atoms with Gasteiger partial charge in [0.1, 0.15) is 6.10 Å². The lowest BCUT2D eigenvalue weighted by Gasteiger charge is -2.06. The first-order valence-corrected chi connectivity index (χ1v) is 5.11. The quantitative estimate of drug-likeness (QED) is 0.447. The van der Waals surface area contributed by atoms with Crippen LogP contribution in [-0.2, 0) is 9.53 Å². The molecule has 0 bridgehead atoms. The molecule has 90 valence electrons. The molecular weight excluding hydrogens is 224 g/mol. The van der Waals surface area contributed by atoms with Crippen molar-refractivity contribution in [2.45, 2.75) is 12.2 Å². The predicted molar refractivity (Wildman–Crippen MR) is 59.4 cm³/mol. The Labute approximate surface area is 97.9 Å². The fourth-order valence-electron chi connectivity index (χ4n) is 1.62. The number of hydrogen-bond acceptors (Lipinski definition) is 4. The van der Waals surface area contributed by atoms with E-state index in [1.807, 2.05) is 0 Å². The zero-order valence-electron chi connectivity index (χ0n) is 9.49. The van der Waals surface area contributed by atoms with Gasteiger partial charge in [-0.1, -0.05) is 12.1 Å². The van der Waals surface area contributed by atoms with Crippen molar-refractivity contribution >= 4 is 11.6 Å². The summed E-state index contributed by atoms with van der Waals surface area (Å²) in [4.78, 5) is 23.2. The van der Waals surface area contributed by atoms with Crippen LogP contribution >= 0.6 is 0 Å². The number of ether oxygens (including phenoxy) is 1. The molecule has 1 amide bonds. The van der Waals surface area contributed by atoms with Crippen molar-refractivity contribution in [3.05, 3.63) is 39.9 Å². The molecule has 1 aromatic carbocycles. The van der Waals surface area contributed by atoms with Crippen LogP contribution in [0.2, 0.25) is 0 Å². The van der Waals surface area contributed by atoms with Crippen LogP contribution in [0.5, 0.6) is 0 Å². The fraction of sp³-hybridized carbons (Fsp3) is 0.364. The molecule has 1 saturated heterocycles. The second-order valence-corrected chi connectivity index (χ2v) is 4.06. The van der Waals surface area contributed by atoms with E-state index in [2.05, 4.69) is 0 Å². The summed E-state index contributed by atoms with van der Waals surface area (Å²) in [7, 11) is 3.29. The van der Waals surface area contributed by atoms with Crippen LogP contribution in [0.15, 0.2) is 24.3 Å². The van der Waals surface area contributed by atoms with Gasteiger partial charge in [0.25, 0.3) is 11.6 Å². The molecule has 1 aromatic rings. The number of carbonyl (C=O) groups excluding carboxylic acids is 1. The van der Waals surface area contributed by atoms with Crippen LogP contribution in [0.25, 0.3) is 0 Å². The first-order chi connectivity index (χ1) is 8.00. The first-order valence-electron chi connectivity index (χ1n) is 5.11. The average Bonchev–Trinajstić information content (AvgIpc) is 3.08. The van der Waals surface area contributed by atoms with E-state index in [-0.39, 0.29) is 17.7 Å². The summed E-state index contributed by atoms with van der Waals surface area (Å²) in [6.07, 6.45) is -0.864. The lowest BCUT2D eigenvalue weighted by atomic mass is 10.1. The number of likely N-dealkylation sites (N-methyl/N-ethyl adjacent to an activating group) is 1. The molecule has 0 unspecified atom stereocenters. The molecule has 2 atom stereocenters. The maximum atomic E-state index is 11.6. The Kier molecular flexibility index (Phi) is 2.81. The van der Waals surface area contributed by atoms with E-state index in [0.29, 0.717) is 5.56 Å². The van der Waals surface area contributed by atoms with Crippen molar-refractivity contribution in [2.75, 3.05) is 14.1 Å². The Morgan fingerprint density at radius 2 is 2.18 bits per heavy atom. The third kappa shape index (κ3) is 2.26. The molecule has 6 heteroatoms. The number of nitro benzene ring substituents is 1. The van der Waals surface area contributed by atoms with Gasteiger partial charge < -0.3 is 9.64 Å². The molecule has 0 aliphatic carbocycles. The van der Waals surface area contributed by atoms with Gasteiger partial charge in [-0.25, -0.2) is 0 Å². The molecule has 0 spiro atoms. The van der Waals surface area contributed by atoms with Crippen LogP contribution < -0.4 is 0 Å². The smallest absolute Gasteiger partial charge is 0.269 e. The Balaban J connectivity index is 2.13. The highest BCUT2D eigenvalue weighted by Crippen LogP contribution is 2.40. The number of benzene rings is 1. The van der Waals surface area contributed by atoms with Gasteiger partial charge >= 0.3 is 0 Å². The zero-order valence-corrected chi connectivity index (χ0v) is 9.49. The number of nitro groups is 1. The van der Waals surface area contributed by atoms with Crippen LogP contribution in [0, 0.1) is 10.1 Å². The van der Waals surface area contributed by atoms with Gasteiger partial charge in [0, 0.05) is 26.2 Å². The summed E-state index contributed by atoms with van der Waals surface area (Å²) >= 11 is 0. The van der Waals surface area contributed by atoms with E-state index in [1.165, 1.54) is 17.0 Å². The van der Waals surface area contributed by atoms with Gasteiger partial charge in [0.15, 0.2) is 6.10 Å². The SMILES string of the molecule is CN(C)C(=O)[C@H]1O[C@@H]1c1cccc([N+](=O)[O-])c1. The average molecular weight is 236 g/mol. The van der Waals surface area contributed by atoms with Crippen LogP contribution in [-0.4, -0.2) is 35.9 Å². The second kappa shape index (κ2) is 4.14. The zero-order chi connectivity index (χ0) is 12.6. The van der Waals surface area contributed by atoms with Crippen LogP contribution in [0.3, 0.4) is 0 Å². The Bertz CT molecular complexity index is 472. The van der Waals surface area contributed by atoms with Crippen molar-refractivity contribution in [3.8, 4) is 0 Å². The first kappa shape index (κ1) is 11.5. The van der Waals surface area contributed by atoms with Gasteiger partial charge in [-0.2, -0.15) is 0 Å². The number of rotatable bonds is 3. The molecule has 17 heavy (non-hydrogen) atoms. The van der Waals surface area contributed by atoms with Crippen molar-refractivity contribution in [2.24, 2.45) is 0 Å². The number of hydrogen-bond donors (Lipinski definition) is 0. The molecule has 0 aromatic heterocycles. The van der Waals surface area contributed by atoms with Crippen LogP contribution in [0.1, 0.15) is 11.7 Å². The lowest BCUT2D eigenvalue weighted by Crippen LogP contribution is -2.26. The van der Waals surface area contributed by atoms with Crippen LogP contribution in [0.4, 0.5) is 5.69 Å². The predicted octanol–water partition coefficient (Wildman–Crippen LogP) is 1.12. The summed E-state index contributed by atoms with van der Waals surface area (Å²) in [5.41, 5.74) is 0.674. The van der Waals surface area contributed by atoms with Crippen molar-refractivity contribution in [1.82, 2.24) is 4.90 Å². The Hall–Kier alpha value is -1.95. The highest BCUT2D eigenvalue weighted by molar-refractivity contribution is 5.83. The standard InChI is InChI=1S/C11H12N2O4/c1-12(2)11(14)10-9(17-10)7-4-3-5-8(6-7)13(15)16/h3-6,9-10H,1-2H3/t9-,10+/m1/s1. The number of carbonyl (C=O) groups is 1. The van der Waals surface area contributed by atoms with E-state index < -0.39 is 11.0 Å². The maximum Gasteiger partial charge on any atom is 0.269 e. The molecule has 6 nitrogen and oxygen atoms in total. The van der Waals surface area contributed by atoms with Gasteiger partial charge in [-0.3, -0.25) is 14.9 Å². The van der Waals surface area contributed by atoms with Gasteiger partial charge in [-0.15, -0.1) is 0 Å². The summed E-state index contributed by atoms with van der Waals surface area (Å²) in [5.74, 6) is -0.124. The number of epoxide rings is 1.